The molecule has 1 aromatic heterocycles. The molecule has 0 fully saturated rings. The topological polar surface area (TPSA) is 47.8 Å². The first-order chi connectivity index (χ1) is 9.65. The molecule has 6 heteroatoms. The van der Waals surface area contributed by atoms with Crippen molar-refractivity contribution >= 4 is 40.0 Å². The fourth-order valence-electron chi connectivity index (χ4n) is 1.93. The summed E-state index contributed by atoms with van der Waals surface area (Å²) in [4.78, 5) is 12.2. The van der Waals surface area contributed by atoms with Crippen LogP contribution in [0.5, 0.6) is 0 Å². The van der Waals surface area contributed by atoms with Crippen LogP contribution in [0.1, 0.15) is 10.4 Å². The summed E-state index contributed by atoms with van der Waals surface area (Å²) >= 11 is 11.8. The Hall–Kier alpha value is -1.91. The van der Waals surface area contributed by atoms with E-state index in [0.717, 1.165) is 11.0 Å². The Labute approximate surface area is 124 Å². The van der Waals surface area contributed by atoms with E-state index < -0.39 is 0 Å². The molecule has 4 nitrogen and oxygen atoms in total. The van der Waals surface area contributed by atoms with Crippen molar-refractivity contribution in [3.63, 3.8) is 0 Å². The van der Waals surface area contributed by atoms with E-state index >= 15 is 0 Å². The highest BCUT2D eigenvalue weighted by Gasteiger charge is 2.12. The quantitative estimate of drug-likeness (QED) is 0.694. The summed E-state index contributed by atoms with van der Waals surface area (Å²) in [6, 6.07) is 12.3. The third-order valence-corrected chi connectivity index (χ3v) is 3.69. The maximum atomic E-state index is 12.2. The predicted octanol–water partition coefficient (Wildman–Crippen LogP) is 3.62. The van der Waals surface area contributed by atoms with E-state index in [-0.39, 0.29) is 12.3 Å². The summed E-state index contributed by atoms with van der Waals surface area (Å²) in [5.41, 5.74) is 2.08. The third kappa shape index (κ3) is 2.40. The van der Waals surface area contributed by atoms with Gasteiger partial charge in [-0.05, 0) is 30.3 Å². The van der Waals surface area contributed by atoms with Crippen LogP contribution in [0.15, 0.2) is 42.5 Å². The van der Waals surface area contributed by atoms with Crippen molar-refractivity contribution in [2.45, 2.75) is 6.54 Å². The lowest BCUT2D eigenvalue weighted by Crippen LogP contribution is -2.11. The SMILES string of the molecule is O=C(Cn1nnc2ccccc21)c1ccc(Cl)c(Cl)c1. The fraction of sp³-hybridized carbons (Fsp3) is 0.0714. The standard InChI is InChI=1S/C14H9Cl2N3O/c15-10-6-5-9(7-11(10)16)14(20)8-19-13-4-2-1-3-12(13)17-18-19/h1-7H,8H2. The Bertz CT molecular complexity index is 798. The minimum atomic E-state index is -0.0979. The molecule has 3 aromatic rings. The zero-order chi connectivity index (χ0) is 14.1. The minimum absolute atomic E-state index is 0.0979. The van der Waals surface area contributed by atoms with Crippen molar-refractivity contribution in [3.05, 3.63) is 58.1 Å². The lowest BCUT2D eigenvalue weighted by molar-refractivity contribution is 0.0968. The number of fused-ring (bicyclic) bond motifs is 1. The van der Waals surface area contributed by atoms with Gasteiger partial charge in [-0.3, -0.25) is 4.79 Å². The van der Waals surface area contributed by atoms with Crippen LogP contribution >= 0.6 is 23.2 Å². The fourth-order valence-corrected chi connectivity index (χ4v) is 2.23. The average Bonchev–Trinajstić information content (AvgIpc) is 2.85. The summed E-state index contributed by atoms with van der Waals surface area (Å²) in [5, 5.41) is 8.79. The van der Waals surface area contributed by atoms with Crippen molar-refractivity contribution in [2.75, 3.05) is 0 Å². The Morgan fingerprint density at radius 2 is 1.90 bits per heavy atom. The van der Waals surface area contributed by atoms with Crippen LogP contribution in [0.3, 0.4) is 0 Å². The van der Waals surface area contributed by atoms with Gasteiger partial charge in [-0.15, -0.1) is 5.10 Å². The highest BCUT2D eigenvalue weighted by molar-refractivity contribution is 6.42. The number of rotatable bonds is 3. The molecule has 2 aromatic carbocycles. The van der Waals surface area contributed by atoms with Gasteiger partial charge in [0, 0.05) is 5.56 Å². The molecular weight excluding hydrogens is 297 g/mol. The number of halogens is 2. The van der Waals surface area contributed by atoms with Crippen molar-refractivity contribution in [2.24, 2.45) is 0 Å². The van der Waals surface area contributed by atoms with Gasteiger partial charge in [0.15, 0.2) is 5.78 Å². The highest BCUT2D eigenvalue weighted by atomic mass is 35.5. The first-order valence-electron chi connectivity index (χ1n) is 5.91. The zero-order valence-electron chi connectivity index (χ0n) is 10.3. The van der Waals surface area contributed by atoms with E-state index in [2.05, 4.69) is 10.3 Å². The molecule has 0 aliphatic heterocycles. The van der Waals surface area contributed by atoms with E-state index in [1.807, 2.05) is 24.3 Å². The molecule has 0 aliphatic rings. The monoisotopic (exact) mass is 305 g/mol. The first-order valence-corrected chi connectivity index (χ1v) is 6.67. The van der Waals surface area contributed by atoms with Crippen molar-refractivity contribution < 1.29 is 4.79 Å². The number of para-hydroxylation sites is 1. The summed E-state index contributed by atoms with van der Waals surface area (Å²) in [6.45, 7) is 0.110. The third-order valence-electron chi connectivity index (χ3n) is 2.96. The molecule has 0 amide bonds. The number of benzene rings is 2. The van der Waals surface area contributed by atoms with Crippen molar-refractivity contribution in [3.8, 4) is 0 Å². The molecule has 0 saturated carbocycles. The van der Waals surface area contributed by atoms with Gasteiger partial charge in [0.2, 0.25) is 0 Å². The summed E-state index contributed by atoms with van der Waals surface area (Å²) in [7, 11) is 0. The lowest BCUT2D eigenvalue weighted by atomic mass is 10.1. The molecule has 0 saturated heterocycles. The van der Waals surface area contributed by atoms with Gasteiger partial charge in [0.25, 0.3) is 0 Å². The Morgan fingerprint density at radius 3 is 2.70 bits per heavy atom. The van der Waals surface area contributed by atoms with E-state index in [9.17, 15) is 4.79 Å². The normalized spacial score (nSPS) is 10.9. The van der Waals surface area contributed by atoms with E-state index in [4.69, 9.17) is 23.2 Å². The van der Waals surface area contributed by atoms with Gasteiger partial charge in [0.05, 0.1) is 15.6 Å². The minimum Gasteiger partial charge on any atom is -0.292 e. The van der Waals surface area contributed by atoms with Gasteiger partial charge >= 0.3 is 0 Å². The number of Topliss-reactive ketones (excluding diaryl/α,β-unsaturated/α-hetero) is 1. The van der Waals surface area contributed by atoms with Crippen LogP contribution in [0.2, 0.25) is 10.0 Å². The average molecular weight is 306 g/mol. The maximum Gasteiger partial charge on any atom is 0.184 e. The van der Waals surface area contributed by atoms with Gasteiger partial charge in [-0.2, -0.15) is 0 Å². The Balaban J connectivity index is 1.90. The number of hydrogen-bond acceptors (Lipinski definition) is 3. The number of carbonyl (C=O) groups excluding carboxylic acids is 1. The van der Waals surface area contributed by atoms with Gasteiger partial charge in [-0.25, -0.2) is 4.68 Å². The predicted molar refractivity (Wildman–Crippen MR) is 78.3 cm³/mol. The number of aromatic nitrogens is 3. The molecule has 0 aliphatic carbocycles. The van der Waals surface area contributed by atoms with E-state index in [1.165, 1.54) is 0 Å². The van der Waals surface area contributed by atoms with E-state index in [0.29, 0.717) is 15.6 Å². The zero-order valence-corrected chi connectivity index (χ0v) is 11.8. The van der Waals surface area contributed by atoms with Crippen LogP contribution in [-0.2, 0) is 6.54 Å². The number of hydrogen-bond donors (Lipinski definition) is 0. The Kier molecular flexibility index (Phi) is 3.42. The molecule has 0 unspecified atom stereocenters. The van der Waals surface area contributed by atoms with Crippen molar-refractivity contribution in [1.82, 2.24) is 15.0 Å². The van der Waals surface area contributed by atoms with Crippen molar-refractivity contribution in [1.29, 1.82) is 0 Å². The summed E-state index contributed by atoms with van der Waals surface area (Å²) < 4.78 is 1.57. The second-order valence-corrected chi connectivity index (χ2v) is 5.10. The first kappa shape index (κ1) is 13.1. The molecular formula is C14H9Cl2N3O. The largest absolute Gasteiger partial charge is 0.292 e. The van der Waals surface area contributed by atoms with Crippen LogP contribution in [0.4, 0.5) is 0 Å². The second kappa shape index (κ2) is 5.23. The summed E-state index contributed by atoms with van der Waals surface area (Å²) in [6.07, 6.45) is 0. The number of nitrogens with zero attached hydrogens (tertiary/aromatic N) is 3. The van der Waals surface area contributed by atoms with Gasteiger partial charge in [-0.1, -0.05) is 40.5 Å². The van der Waals surface area contributed by atoms with Crippen LogP contribution in [0, 0.1) is 0 Å². The summed E-state index contributed by atoms with van der Waals surface area (Å²) in [5.74, 6) is -0.0979. The van der Waals surface area contributed by atoms with E-state index in [1.54, 1.807) is 22.9 Å². The second-order valence-electron chi connectivity index (χ2n) is 4.29. The number of ketones is 1. The molecule has 1 heterocycles. The van der Waals surface area contributed by atoms with Crippen LogP contribution in [-0.4, -0.2) is 20.8 Å². The molecule has 20 heavy (non-hydrogen) atoms. The molecule has 0 bridgehead atoms. The lowest BCUT2D eigenvalue weighted by Gasteiger charge is -2.03. The number of carbonyl (C=O) groups is 1. The maximum absolute atomic E-state index is 12.2. The van der Waals surface area contributed by atoms with Crippen LogP contribution < -0.4 is 0 Å². The molecule has 3 rings (SSSR count). The van der Waals surface area contributed by atoms with Gasteiger partial charge in [0.1, 0.15) is 12.1 Å². The Morgan fingerprint density at radius 1 is 1.10 bits per heavy atom. The molecule has 0 radical (unpaired) electrons. The molecule has 0 atom stereocenters. The molecule has 100 valence electrons. The molecule has 0 N–H and O–H groups in total. The highest BCUT2D eigenvalue weighted by Crippen LogP contribution is 2.23. The smallest absolute Gasteiger partial charge is 0.184 e. The van der Waals surface area contributed by atoms with Crippen LogP contribution in [0.25, 0.3) is 11.0 Å². The van der Waals surface area contributed by atoms with Gasteiger partial charge < -0.3 is 0 Å². The molecule has 0 spiro atoms.